The molecule has 1 aliphatic rings. The lowest BCUT2D eigenvalue weighted by Crippen LogP contribution is -2.25. The van der Waals surface area contributed by atoms with E-state index in [-0.39, 0.29) is 29.0 Å². The van der Waals surface area contributed by atoms with Crippen LogP contribution in [0.4, 0.5) is 13.2 Å². The number of ether oxygens (including phenoxy) is 1. The highest BCUT2D eigenvalue weighted by atomic mass is 35.5. The number of nitrogens with zero attached hydrogens (tertiary/aromatic N) is 3. The van der Waals surface area contributed by atoms with E-state index in [1.54, 1.807) is 19.2 Å². The lowest BCUT2D eigenvalue weighted by Gasteiger charge is -2.26. The molecule has 5 rings (SSSR count). The minimum Gasteiger partial charge on any atom is -0.495 e. The van der Waals surface area contributed by atoms with Crippen LogP contribution in [0.2, 0.25) is 5.02 Å². The lowest BCUT2D eigenvalue weighted by atomic mass is 9.84. The smallest absolute Gasteiger partial charge is 0.206 e. The molecule has 7 nitrogen and oxygen atoms in total. The van der Waals surface area contributed by atoms with Crippen molar-refractivity contribution in [2.45, 2.75) is 48.9 Å². The summed E-state index contributed by atoms with van der Waals surface area (Å²) < 4.78 is 51.6. The Bertz CT molecular complexity index is 1640. The number of guanidine groups is 1. The van der Waals surface area contributed by atoms with Gasteiger partial charge in [0.25, 0.3) is 0 Å². The Kier molecular flexibility index (Phi) is 9.62. The van der Waals surface area contributed by atoms with Gasteiger partial charge in [0.05, 0.1) is 23.5 Å². The van der Waals surface area contributed by atoms with E-state index < -0.39 is 11.6 Å². The second-order valence-electron chi connectivity index (χ2n) is 10.1. The maximum absolute atomic E-state index is 15.1. The number of rotatable bonds is 10. The highest BCUT2D eigenvalue weighted by molar-refractivity contribution is 7.98. The molecule has 1 aromatic heterocycles. The van der Waals surface area contributed by atoms with Crippen LogP contribution < -0.4 is 15.9 Å². The number of methoxy groups -OCH3 is 1. The molecule has 0 aliphatic heterocycles. The number of aryl methyl sites for hydroxylation is 2. The van der Waals surface area contributed by atoms with Gasteiger partial charge < -0.3 is 10.5 Å². The molecular formula is C31H30ClF3N6OS. The first-order chi connectivity index (χ1) is 20.7. The third kappa shape index (κ3) is 7.00. The van der Waals surface area contributed by atoms with Crippen molar-refractivity contribution in [3.8, 4) is 11.4 Å². The molecule has 224 valence electrons. The van der Waals surface area contributed by atoms with Gasteiger partial charge in [-0.25, -0.2) is 23.6 Å². The summed E-state index contributed by atoms with van der Waals surface area (Å²) in [5, 5.41) is 11.9. The largest absolute Gasteiger partial charge is 0.495 e. The first kappa shape index (κ1) is 30.5. The lowest BCUT2D eigenvalue weighted by molar-refractivity contribution is 0.414. The monoisotopic (exact) mass is 626 g/mol. The van der Waals surface area contributed by atoms with Crippen LogP contribution in [0.1, 0.15) is 53.3 Å². The fourth-order valence-corrected chi connectivity index (χ4v) is 6.50. The molecule has 4 N–H and O–H groups in total. The molecule has 1 aliphatic carbocycles. The molecule has 1 heterocycles. The molecule has 43 heavy (non-hydrogen) atoms. The third-order valence-electron chi connectivity index (χ3n) is 7.24. The number of halogens is 4. The predicted molar refractivity (Wildman–Crippen MR) is 164 cm³/mol. The van der Waals surface area contributed by atoms with Gasteiger partial charge in [0.15, 0.2) is 5.16 Å². The van der Waals surface area contributed by atoms with Crippen molar-refractivity contribution in [3.63, 3.8) is 0 Å². The second-order valence-corrected chi connectivity index (χ2v) is 11.4. The third-order valence-corrected chi connectivity index (χ3v) is 8.52. The number of aromatic nitrogens is 2. The number of nitrogens with one attached hydrogen (secondary N) is 2. The van der Waals surface area contributed by atoms with E-state index in [2.05, 4.69) is 10.5 Å². The van der Waals surface area contributed by atoms with E-state index in [1.807, 2.05) is 22.8 Å². The molecule has 4 aromatic rings. The number of imidazole rings is 1. The van der Waals surface area contributed by atoms with Crippen molar-refractivity contribution in [2.75, 3.05) is 7.11 Å². The van der Waals surface area contributed by atoms with E-state index in [4.69, 9.17) is 32.5 Å². The van der Waals surface area contributed by atoms with Crippen molar-refractivity contribution in [1.82, 2.24) is 15.0 Å². The zero-order valence-electron chi connectivity index (χ0n) is 23.3. The Balaban J connectivity index is 1.45. The van der Waals surface area contributed by atoms with E-state index in [0.29, 0.717) is 40.0 Å². The van der Waals surface area contributed by atoms with Crippen molar-refractivity contribution < 1.29 is 17.9 Å². The summed E-state index contributed by atoms with van der Waals surface area (Å²) in [6.45, 7) is 0. The molecule has 0 amide bonds. The van der Waals surface area contributed by atoms with Crippen LogP contribution in [0.15, 0.2) is 64.9 Å². The van der Waals surface area contributed by atoms with Gasteiger partial charge in [0, 0.05) is 29.1 Å². The molecule has 0 saturated carbocycles. The highest BCUT2D eigenvalue weighted by Gasteiger charge is 2.31. The van der Waals surface area contributed by atoms with E-state index in [9.17, 15) is 4.39 Å². The Morgan fingerprint density at radius 3 is 2.63 bits per heavy atom. The first-order valence-corrected chi connectivity index (χ1v) is 15.0. The average Bonchev–Trinajstić information content (AvgIpc) is 3.35. The molecule has 0 spiro atoms. The van der Waals surface area contributed by atoms with E-state index >= 15 is 8.78 Å². The maximum atomic E-state index is 15.1. The van der Waals surface area contributed by atoms with Crippen LogP contribution in [0, 0.1) is 22.9 Å². The summed E-state index contributed by atoms with van der Waals surface area (Å²) in [5.41, 5.74) is 11.5. The number of hydrogen-bond acceptors (Lipinski definition) is 5. The zero-order chi connectivity index (χ0) is 30.5. The minimum absolute atomic E-state index is 0.0124. The average molecular weight is 627 g/mol. The van der Waals surface area contributed by atoms with Gasteiger partial charge in [0.1, 0.15) is 23.2 Å². The Hall–Kier alpha value is -3.96. The van der Waals surface area contributed by atoms with Gasteiger partial charge in [0.2, 0.25) is 5.96 Å². The molecule has 0 bridgehead atoms. The van der Waals surface area contributed by atoms with Crippen LogP contribution in [0.5, 0.6) is 5.75 Å². The standard InChI is InChI=1S/C31H30ClF3N6OS/c1-42-28-16-19(7-12-24(28)32)22-5-2-6-27-29(22)41(21-10-8-20(33)9-11-21)31(39-27)43-17-23-25(34)14-18(15-26(23)35)4-3-13-38-40-30(36)37/h7-16,22H,2-6,17H2,1H3,(H4,36,37,40)/b38-13+. The molecule has 0 radical (unpaired) electrons. The van der Waals surface area contributed by atoms with Crippen LogP contribution in [-0.2, 0) is 18.6 Å². The molecule has 1 unspecified atom stereocenters. The van der Waals surface area contributed by atoms with Crippen molar-refractivity contribution in [2.24, 2.45) is 10.8 Å². The van der Waals surface area contributed by atoms with Gasteiger partial charge in [-0.3, -0.25) is 9.98 Å². The first-order valence-electron chi connectivity index (χ1n) is 13.7. The van der Waals surface area contributed by atoms with Gasteiger partial charge in [-0.1, -0.05) is 29.4 Å². The van der Waals surface area contributed by atoms with Gasteiger partial charge in [-0.05, 0) is 91.8 Å². The highest BCUT2D eigenvalue weighted by Crippen LogP contribution is 2.42. The fourth-order valence-electron chi connectivity index (χ4n) is 5.25. The minimum atomic E-state index is -0.642. The summed E-state index contributed by atoms with van der Waals surface area (Å²) in [7, 11) is 1.57. The van der Waals surface area contributed by atoms with E-state index in [0.717, 1.165) is 36.2 Å². The summed E-state index contributed by atoms with van der Waals surface area (Å²) in [6, 6.07) is 14.5. The Labute approximate surface area is 256 Å². The summed E-state index contributed by atoms with van der Waals surface area (Å²) in [6.07, 6.45) is 4.78. The van der Waals surface area contributed by atoms with Gasteiger partial charge in [-0.2, -0.15) is 5.10 Å². The number of hydrogen-bond donors (Lipinski definition) is 3. The van der Waals surface area contributed by atoms with Gasteiger partial charge in [-0.15, -0.1) is 0 Å². The molecule has 3 aromatic carbocycles. The normalized spacial score (nSPS) is 14.6. The summed E-state index contributed by atoms with van der Waals surface area (Å²) in [5.74, 6) is -1.40. The van der Waals surface area contributed by atoms with Crippen LogP contribution in [0.25, 0.3) is 5.69 Å². The van der Waals surface area contributed by atoms with Crippen LogP contribution in [-0.4, -0.2) is 28.8 Å². The molecular weight excluding hydrogens is 597 g/mol. The second kappa shape index (κ2) is 13.6. The van der Waals surface area contributed by atoms with Crippen molar-refractivity contribution >= 4 is 35.5 Å². The molecule has 0 fully saturated rings. The van der Waals surface area contributed by atoms with Crippen LogP contribution >= 0.6 is 23.4 Å². The number of benzene rings is 3. The van der Waals surface area contributed by atoms with Crippen molar-refractivity contribution in [1.29, 1.82) is 5.41 Å². The molecule has 1 atom stereocenters. The topological polar surface area (TPSA) is 101 Å². The van der Waals surface area contributed by atoms with Crippen LogP contribution in [0.3, 0.4) is 0 Å². The number of nitrogens with two attached hydrogens (primary N) is 1. The Morgan fingerprint density at radius 2 is 1.93 bits per heavy atom. The molecule has 12 heteroatoms. The van der Waals surface area contributed by atoms with Gasteiger partial charge >= 0.3 is 0 Å². The van der Waals surface area contributed by atoms with E-state index in [1.165, 1.54) is 42.2 Å². The predicted octanol–water partition coefficient (Wildman–Crippen LogP) is 7.11. The number of hydrazone groups is 1. The summed E-state index contributed by atoms with van der Waals surface area (Å²) >= 11 is 7.53. The fraction of sp³-hybridized carbons (Fsp3) is 0.258. The number of fused-ring (bicyclic) bond motifs is 1. The Morgan fingerprint density at radius 1 is 1.19 bits per heavy atom. The summed E-state index contributed by atoms with van der Waals surface area (Å²) in [4.78, 5) is 4.93. The zero-order valence-corrected chi connectivity index (χ0v) is 24.9. The quantitative estimate of drug-likeness (QED) is 0.0753. The number of thioether (sulfide) groups is 1. The van der Waals surface area contributed by atoms with Crippen molar-refractivity contribution in [3.05, 3.63) is 105 Å². The molecule has 0 saturated heterocycles. The SMILES string of the molecule is COc1cc(C2CCCc3nc(SCc4c(F)cc(CC/C=N/NC(=N)N)cc4F)n(-c4ccc(F)cc4)c32)ccc1Cl. The maximum Gasteiger partial charge on any atom is 0.206 e.